The van der Waals surface area contributed by atoms with Crippen LogP contribution in [0.4, 0.5) is 9.18 Å². The average molecular weight is 308 g/mol. The number of halogens is 2. The molecule has 2 heterocycles. The zero-order valence-electron chi connectivity index (χ0n) is 11.4. The number of aromatic nitrogens is 2. The fraction of sp³-hybridized carbons (Fsp3) is 0.333. The quantitative estimate of drug-likeness (QED) is 0.808. The van der Waals surface area contributed by atoms with E-state index in [1.807, 2.05) is 0 Å². The zero-order valence-corrected chi connectivity index (χ0v) is 12.1. The van der Waals surface area contributed by atoms with Crippen LogP contribution < -0.4 is 0 Å². The van der Waals surface area contributed by atoms with Crippen LogP contribution in [0.15, 0.2) is 36.9 Å². The first kappa shape index (κ1) is 14.1. The Morgan fingerprint density at radius 3 is 3.05 bits per heavy atom. The Labute approximate surface area is 127 Å². The Morgan fingerprint density at radius 1 is 1.43 bits per heavy atom. The molecule has 0 radical (unpaired) electrons. The molecule has 1 unspecified atom stereocenters. The summed E-state index contributed by atoms with van der Waals surface area (Å²) in [6, 6.07) is 4.91. The molecule has 0 spiro atoms. The lowest BCUT2D eigenvalue weighted by atomic mass is 9.90. The first-order valence-electron chi connectivity index (χ1n) is 6.88. The van der Waals surface area contributed by atoms with Crippen molar-refractivity contribution in [2.24, 2.45) is 0 Å². The van der Waals surface area contributed by atoms with E-state index in [4.69, 9.17) is 11.6 Å². The zero-order chi connectivity index (χ0) is 14.8. The molecule has 1 amide bonds. The molecule has 3 rings (SSSR count). The smallest absolute Gasteiger partial charge is 0.323 e. The summed E-state index contributed by atoms with van der Waals surface area (Å²) in [7, 11) is 0. The van der Waals surface area contributed by atoms with Gasteiger partial charge in [-0.15, -0.1) is 0 Å². The molecule has 6 heteroatoms. The number of nitrogens with zero attached hydrogens (tertiary/aromatic N) is 3. The lowest BCUT2D eigenvalue weighted by Gasteiger charge is -2.33. The van der Waals surface area contributed by atoms with E-state index in [2.05, 4.69) is 4.98 Å². The van der Waals surface area contributed by atoms with Gasteiger partial charge in [0, 0.05) is 31.4 Å². The Hall–Kier alpha value is -1.88. The molecule has 1 fully saturated rings. The van der Waals surface area contributed by atoms with Gasteiger partial charge in [0.15, 0.2) is 0 Å². The Morgan fingerprint density at radius 2 is 2.29 bits per heavy atom. The summed E-state index contributed by atoms with van der Waals surface area (Å²) in [5, 5.41) is 0.130. The highest BCUT2D eigenvalue weighted by Gasteiger charge is 2.27. The third-order valence-electron chi connectivity index (χ3n) is 3.84. The van der Waals surface area contributed by atoms with Gasteiger partial charge in [-0.1, -0.05) is 23.7 Å². The van der Waals surface area contributed by atoms with Crippen molar-refractivity contribution in [2.75, 3.05) is 13.1 Å². The Balaban J connectivity index is 1.80. The normalized spacial score (nSPS) is 18.8. The second-order valence-corrected chi connectivity index (χ2v) is 5.59. The molecule has 110 valence electrons. The molecule has 21 heavy (non-hydrogen) atoms. The van der Waals surface area contributed by atoms with Crippen molar-refractivity contribution in [1.82, 2.24) is 14.5 Å². The SMILES string of the molecule is O=C(N1CCCC(c2cccc(Cl)c2F)C1)n1ccnc1. The first-order chi connectivity index (χ1) is 10.2. The number of likely N-dealkylation sites (tertiary alicyclic amines) is 1. The maximum Gasteiger partial charge on any atom is 0.329 e. The molecule has 0 aliphatic carbocycles. The number of amides is 1. The molecule has 4 nitrogen and oxygen atoms in total. The Kier molecular flexibility index (Phi) is 3.92. The predicted molar refractivity (Wildman–Crippen MR) is 78.0 cm³/mol. The van der Waals surface area contributed by atoms with Crippen LogP contribution in [-0.2, 0) is 0 Å². The van der Waals surface area contributed by atoms with Crippen LogP contribution in [0.2, 0.25) is 5.02 Å². The third kappa shape index (κ3) is 2.78. The monoisotopic (exact) mass is 307 g/mol. The standard InChI is InChI=1S/C15H15ClFN3O/c16-13-5-1-4-12(14(13)17)11-3-2-7-19(9-11)15(21)20-8-6-18-10-20/h1,4-6,8,10-11H,2-3,7,9H2. The van der Waals surface area contributed by atoms with Gasteiger partial charge >= 0.3 is 6.03 Å². The van der Waals surface area contributed by atoms with Gasteiger partial charge in [-0.3, -0.25) is 4.57 Å². The van der Waals surface area contributed by atoms with Crippen molar-refractivity contribution in [3.8, 4) is 0 Å². The van der Waals surface area contributed by atoms with Crippen molar-refractivity contribution >= 4 is 17.6 Å². The van der Waals surface area contributed by atoms with Gasteiger partial charge in [0.2, 0.25) is 0 Å². The highest BCUT2D eigenvalue weighted by atomic mass is 35.5. The fourth-order valence-corrected chi connectivity index (χ4v) is 2.96. The molecule has 1 saturated heterocycles. The first-order valence-corrected chi connectivity index (χ1v) is 7.26. The average Bonchev–Trinajstić information content (AvgIpc) is 3.04. The maximum absolute atomic E-state index is 14.1. The van der Waals surface area contributed by atoms with E-state index >= 15 is 0 Å². The van der Waals surface area contributed by atoms with Crippen molar-refractivity contribution in [1.29, 1.82) is 0 Å². The molecule has 0 bridgehead atoms. The predicted octanol–water partition coefficient (Wildman–Crippen LogP) is 3.52. The van der Waals surface area contributed by atoms with E-state index in [0.29, 0.717) is 18.7 Å². The van der Waals surface area contributed by atoms with E-state index in [1.165, 1.54) is 17.0 Å². The van der Waals surface area contributed by atoms with Gasteiger partial charge in [0.1, 0.15) is 12.1 Å². The number of piperidine rings is 1. The summed E-state index contributed by atoms with van der Waals surface area (Å²) in [5.74, 6) is -0.397. The minimum absolute atomic E-state index is 0.0232. The van der Waals surface area contributed by atoms with E-state index in [0.717, 1.165) is 12.8 Å². The van der Waals surface area contributed by atoms with Crippen molar-refractivity contribution in [2.45, 2.75) is 18.8 Å². The summed E-state index contributed by atoms with van der Waals surface area (Å²) < 4.78 is 15.6. The van der Waals surface area contributed by atoms with E-state index in [-0.39, 0.29) is 22.8 Å². The number of benzene rings is 1. The van der Waals surface area contributed by atoms with Gasteiger partial charge in [-0.2, -0.15) is 0 Å². The van der Waals surface area contributed by atoms with Crippen molar-refractivity contribution < 1.29 is 9.18 Å². The van der Waals surface area contributed by atoms with Gasteiger partial charge in [-0.05, 0) is 24.5 Å². The highest BCUT2D eigenvalue weighted by Crippen LogP contribution is 2.31. The summed E-state index contributed by atoms with van der Waals surface area (Å²) in [6.45, 7) is 1.17. The molecular formula is C15H15ClFN3O. The fourth-order valence-electron chi connectivity index (χ4n) is 2.78. The number of hydrogen-bond donors (Lipinski definition) is 0. The van der Waals surface area contributed by atoms with Crippen LogP contribution in [0, 0.1) is 5.82 Å². The minimum atomic E-state index is -0.374. The molecule has 1 atom stereocenters. The number of rotatable bonds is 1. The second kappa shape index (κ2) is 5.85. The van der Waals surface area contributed by atoms with Crippen LogP contribution in [-0.4, -0.2) is 33.6 Å². The molecule has 1 aliphatic heterocycles. The van der Waals surface area contributed by atoms with Gasteiger partial charge in [0.25, 0.3) is 0 Å². The van der Waals surface area contributed by atoms with Crippen LogP contribution in [0.3, 0.4) is 0 Å². The molecule has 1 aromatic heterocycles. The van der Waals surface area contributed by atoms with E-state index in [9.17, 15) is 9.18 Å². The van der Waals surface area contributed by atoms with Gasteiger partial charge in [0.05, 0.1) is 5.02 Å². The Bertz CT molecular complexity index is 644. The number of imidazole rings is 1. The lowest BCUT2D eigenvalue weighted by molar-refractivity contribution is 0.180. The van der Waals surface area contributed by atoms with Gasteiger partial charge < -0.3 is 4.90 Å². The largest absolute Gasteiger partial charge is 0.329 e. The summed E-state index contributed by atoms with van der Waals surface area (Å²) >= 11 is 5.85. The number of carbonyl (C=O) groups excluding carboxylic acids is 1. The molecule has 1 aromatic carbocycles. The number of carbonyl (C=O) groups is 1. The molecule has 1 aliphatic rings. The highest BCUT2D eigenvalue weighted by molar-refractivity contribution is 6.30. The van der Waals surface area contributed by atoms with Crippen molar-refractivity contribution in [3.05, 3.63) is 53.3 Å². The molecular weight excluding hydrogens is 293 g/mol. The summed E-state index contributed by atoms with van der Waals surface area (Å²) in [6.07, 6.45) is 6.36. The van der Waals surface area contributed by atoms with E-state index in [1.54, 1.807) is 29.4 Å². The minimum Gasteiger partial charge on any atom is -0.323 e. The maximum atomic E-state index is 14.1. The third-order valence-corrected chi connectivity index (χ3v) is 4.13. The summed E-state index contributed by atoms with van der Waals surface area (Å²) in [5.41, 5.74) is 0.589. The van der Waals surface area contributed by atoms with E-state index < -0.39 is 0 Å². The van der Waals surface area contributed by atoms with Crippen LogP contribution in [0.5, 0.6) is 0 Å². The lowest BCUT2D eigenvalue weighted by Crippen LogP contribution is -2.41. The van der Waals surface area contributed by atoms with Crippen LogP contribution in [0.25, 0.3) is 0 Å². The van der Waals surface area contributed by atoms with Crippen LogP contribution in [0.1, 0.15) is 24.3 Å². The van der Waals surface area contributed by atoms with Crippen LogP contribution >= 0.6 is 11.6 Å². The molecule has 0 saturated carbocycles. The van der Waals surface area contributed by atoms with Crippen molar-refractivity contribution in [3.63, 3.8) is 0 Å². The topological polar surface area (TPSA) is 38.1 Å². The number of hydrogen-bond acceptors (Lipinski definition) is 2. The molecule has 0 N–H and O–H groups in total. The van der Waals surface area contributed by atoms with Gasteiger partial charge in [-0.25, -0.2) is 14.2 Å². The molecule has 2 aromatic rings. The second-order valence-electron chi connectivity index (χ2n) is 5.18. The summed E-state index contributed by atoms with van der Waals surface area (Å²) in [4.78, 5) is 17.9.